The van der Waals surface area contributed by atoms with Crippen molar-refractivity contribution in [1.82, 2.24) is 14.5 Å². The fraction of sp³-hybridized carbons (Fsp3) is 0.339. The lowest BCUT2D eigenvalue weighted by Crippen LogP contribution is -2.23. The van der Waals surface area contributed by atoms with Crippen molar-refractivity contribution in [3.63, 3.8) is 0 Å². The molecule has 5 aromatic carbocycles. The number of ether oxygens (including phenoxy) is 1. The van der Waals surface area contributed by atoms with Gasteiger partial charge in [0, 0.05) is 52.1 Å². The predicted molar refractivity (Wildman–Crippen MR) is 260 cm³/mol. The molecule has 0 N–H and O–H groups in total. The van der Waals surface area contributed by atoms with Crippen LogP contribution in [0.25, 0.3) is 44.4 Å². The smallest absolute Gasteiger partial charge is 0.138 e. The third-order valence-corrected chi connectivity index (χ3v) is 12.2. The van der Waals surface area contributed by atoms with Gasteiger partial charge in [0.1, 0.15) is 17.3 Å². The summed E-state index contributed by atoms with van der Waals surface area (Å²) in [5, 5.41) is 2.25. The summed E-state index contributed by atoms with van der Waals surface area (Å²) >= 11 is 0. The molecule has 0 radical (unpaired) electrons. The molecule has 5 nitrogen and oxygen atoms in total. The van der Waals surface area contributed by atoms with Crippen molar-refractivity contribution in [2.24, 2.45) is 0 Å². The normalized spacial score (nSPS) is 14.7. The standard InChI is InChI=1S/C56H64N4O/c1-35(2)39-27-48(36(3)4)54(49(28-39)37(5)6)38-23-24-57-53(29-38)60-50-20-15-14-19-46(50)47-22-21-45(32-51(47)60)61-44-18-16-17-43(31-44)59-33-52(58(13)34-59)40-25-41(55(7,8)9)30-42(26-40)56(10,11)12/h14-33,35-37H,34H2,1-13H3/i13D3. The topological polar surface area (TPSA) is 33.5 Å². The van der Waals surface area contributed by atoms with E-state index in [1.165, 1.54) is 38.3 Å². The molecule has 0 aliphatic carbocycles. The van der Waals surface area contributed by atoms with Crippen molar-refractivity contribution in [1.29, 1.82) is 0 Å². The second kappa shape index (κ2) is 15.9. The van der Waals surface area contributed by atoms with Gasteiger partial charge in [0.2, 0.25) is 0 Å². The minimum absolute atomic E-state index is 0.113. The van der Waals surface area contributed by atoms with Crippen molar-refractivity contribution in [3.8, 4) is 28.4 Å². The van der Waals surface area contributed by atoms with Gasteiger partial charge in [-0.15, -0.1) is 0 Å². The Kier molecular flexibility index (Phi) is 9.94. The van der Waals surface area contributed by atoms with Gasteiger partial charge in [-0.1, -0.05) is 126 Å². The molecule has 0 bridgehead atoms. The van der Waals surface area contributed by atoms with E-state index in [1.807, 2.05) is 47.6 Å². The van der Waals surface area contributed by atoms with E-state index in [9.17, 15) is 0 Å². The summed E-state index contributed by atoms with van der Waals surface area (Å²) < 4.78 is 34.7. The Morgan fingerprint density at radius 2 is 1.28 bits per heavy atom. The summed E-state index contributed by atoms with van der Waals surface area (Å²) in [5.41, 5.74) is 13.2. The highest BCUT2D eigenvalue weighted by molar-refractivity contribution is 6.09. The Hall–Kier alpha value is -5.81. The van der Waals surface area contributed by atoms with Gasteiger partial charge >= 0.3 is 0 Å². The molecule has 61 heavy (non-hydrogen) atoms. The molecule has 0 saturated carbocycles. The number of fused-ring (bicyclic) bond motifs is 3. The highest BCUT2D eigenvalue weighted by atomic mass is 16.5. The van der Waals surface area contributed by atoms with E-state index in [2.05, 4.69) is 167 Å². The Morgan fingerprint density at radius 1 is 0.623 bits per heavy atom. The Morgan fingerprint density at radius 3 is 1.92 bits per heavy atom. The van der Waals surface area contributed by atoms with Gasteiger partial charge in [0.05, 0.1) is 23.4 Å². The Balaban J connectivity index is 1.18. The second-order valence-corrected chi connectivity index (χ2v) is 19.9. The molecular formula is C56H64N4O. The lowest BCUT2D eigenvalue weighted by Gasteiger charge is -2.27. The summed E-state index contributed by atoms with van der Waals surface area (Å²) in [5.74, 6) is 3.33. The number of para-hydroxylation sites is 1. The molecule has 0 fully saturated rings. The molecule has 5 heteroatoms. The van der Waals surface area contributed by atoms with Gasteiger partial charge in [0.15, 0.2) is 0 Å². The zero-order chi connectivity index (χ0) is 46.0. The molecule has 8 rings (SSSR count). The van der Waals surface area contributed by atoms with Crippen molar-refractivity contribution >= 4 is 33.2 Å². The molecule has 0 spiro atoms. The van der Waals surface area contributed by atoms with E-state index < -0.39 is 6.98 Å². The van der Waals surface area contributed by atoms with Crippen LogP contribution in [-0.4, -0.2) is 28.1 Å². The number of aromatic nitrogens is 2. The first-order valence-corrected chi connectivity index (χ1v) is 22.0. The summed E-state index contributed by atoms with van der Waals surface area (Å²) in [4.78, 5) is 8.55. The van der Waals surface area contributed by atoms with Crippen LogP contribution in [-0.2, 0) is 10.8 Å². The predicted octanol–water partition coefficient (Wildman–Crippen LogP) is 15.3. The number of rotatable bonds is 9. The van der Waals surface area contributed by atoms with E-state index in [0.717, 1.165) is 44.4 Å². The fourth-order valence-electron chi connectivity index (χ4n) is 8.62. The molecule has 314 valence electrons. The lowest BCUT2D eigenvalue weighted by atomic mass is 9.79. The second-order valence-electron chi connectivity index (χ2n) is 19.9. The van der Waals surface area contributed by atoms with Crippen LogP contribution in [0.3, 0.4) is 0 Å². The first-order valence-electron chi connectivity index (χ1n) is 23.5. The third-order valence-electron chi connectivity index (χ3n) is 12.2. The lowest BCUT2D eigenvalue weighted by molar-refractivity contribution is 0.482. The quantitative estimate of drug-likeness (QED) is 0.145. The van der Waals surface area contributed by atoms with E-state index in [4.69, 9.17) is 13.8 Å². The molecular weight excluding hydrogens is 745 g/mol. The minimum atomic E-state index is -2.34. The molecule has 3 heterocycles. The van der Waals surface area contributed by atoms with Crippen LogP contribution >= 0.6 is 0 Å². The molecule has 0 atom stereocenters. The van der Waals surface area contributed by atoms with E-state index in [1.54, 1.807) is 0 Å². The zero-order valence-electron chi connectivity index (χ0n) is 41.2. The monoisotopic (exact) mass is 812 g/mol. The molecule has 1 aliphatic rings. The number of hydrogen-bond acceptors (Lipinski definition) is 4. The van der Waals surface area contributed by atoms with Crippen LogP contribution in [0.5, 0.6) is 11.5 Å². The molecule has 2 aromatic heterocycles. The SMILES string of the molecule is [2H]C([2H])([2H])N1CN(c2cccc(Oc3ccc4c5ccccc5n(-c5cc(-c6c(C(C)C)cc(C(C)C)cc6C(C)C)ccn5)c4c3)c2)C=C1c1cc(C(C)(C)C)cc(C(C)(C)C)c1. The highest BCUT2D eigenvalue weighted by Gasteiger charge is 2.26. The van der Waals surface area contributed by atoms with Crippen molar-refractivity contribution in [2.75, 3.05) is 18.5 Å². The zero-order valence-corrected chi connectivity index (χ0v) is 38.2. The molecule has 1 aliphatic heterocycles. The van der Waals surface area contributed by atoms with Crippen LogP contribution in [0.15, 0.2) is 122 Å². The van der Waals surface area contributed by atoms with Crippen LogP contribution in [0.1, 0.15) is 138 Å². The van der Waals surface area contributed by atoms with Gasteiger partial charge in [0.25, 0.3) is 0 Å². The number of anilines is 1. The number of benzene rings is 5. The van der Waals surface area contributed by atoms with Crippen molar-refractivity contribution in [3.05, 3.63) is 155 Å². The first-order chi connectivity index (χ1) is 30.1. The number of hydrogen-bond donors (Lipinski definition) is 0. The van der Waals surface area contributed by atoms with Gasteiger partial charge in [-0.25, -0.2) is 4.98 Å². The van der Waals surface area contributed by atoms with Gasteiger partial charge in [-0.2, -0.15) is 0 Å². The van der Waals surface area contributed by atoms with Gasteiger partial charge in [-0.05, 0) is 128 Å². The Labute approximate surface area is 368 Å². The minimum Gasteiger partial charge on any atom is -0.457 e. The third kappa shape index (κ3) is 8.20. The first kappa shape index (κ1) is 38.1. The average molecular weight is 812 g/mol. The number of pyridine rings is 1. The van der Waals surface area contributed by atoms with Gasteiger partial charge < -0.3 is 14.5 Å². The molecule has 7 aromatic rings. The molecule has 0 saturated heterocycles. The average Bonchev–Trinajstić information content (AvgIpc) is 3.83. The maximum Gasteiger partial charge on any atom is 0.138 e. The van der Waals surface area contributed by atoms with Gasteiger partial charge in [-0.3, -0.25) is 4.57 Å². The molecule has 0 unspecified atom stereocenters. The van der Waals surface area contributed by atoms with E-state index >= 15 is 0 Å². The Bertz CT molecular complexity index is 2840. The summed E-state index contributed by atoms with van der Waals surface area (Å²) in [6.07, 6.45) is 3.91. The van der Waals surface area contributed by atoms with Crippen LogP contribution in [0, 0.1) is 0 Å². The van der Waals surface area contributed by atoms with Crippen LogP contribution < -0.4 is 9.64 Å². The summed E-state index contributed by atoms with van der Waals surface area (Å²) in [6.45, 7) is 24.7. The maximum absolute atomic E-state index is 8.58. The van der Waals surface area contributed by atoms with E-state index in [-0.39, 0.29) is 17.5 Å². The van der Waals surface area contributed by atoms with Crippen LogP contribution in [0.4, 0.5) is 5.69 Å². The largest absolute Gasteiger partial charge is 0.457 e. The summed E-state index contributed by atoms with van der Waals surface area (Å²) in [6, 6.07) is 38.4. The highest BCUT2D eigenvalue weighted by Crippen LogP contribution is 2.42. The summed E-state index contributed by atoms with van der Waals surface area (Å²) in [7, 11) is 0. The van der Waals surface area contributed by atoms with E-state index in [0.29, 0.717) is 34.9 Å². The molecule has 0 amide bonds. The van der Waals surface area contributed by atoms with Crippen LogP contribution in [0.2, 0.25) is 0 Å². The maximum atomic E-state index is 8.58. The van der Waals surface area contributed by atoms with Crippen molar-refractivity contribution in [2.45, 2.75) is 112 Å². The fourth-order valence-corrected chi connectivity index (χ4v) is 8.62. The van der Waals surface area contributed by atoms with Crippen molar-refractivity contribution < 1.29 is 8.85 Å². The number of nitrogens with zero attached hydrogens (tertiary/aromatic N) is 4.